The predicted octanol–water partition coefficient (Wildman–Crippen LogP) is 22.6. The molecule has 0 spiro atoms. The summed E-state index contributed by atoms with van der Waals surface area (Å²) in [6.45, 7) is 6.53. The molecule has 0 radical (unpaired) electrons. The van der Waals surface area contributed by atoms with Crippen LogP contribution in [0.1, 0.15) is 310 Å². The fourth-order valence-corrected chi connectivity index (χ4v) is 9.14. The fourth-order valence-electron chi connectivity index (χ4n) is 9.14. The van der Waals surface area contributed by atoms with E-state index in [1.165, 1.54) is 148 Å². The summed E-state index contributed by atoms with van der Waals surface area (Å²) in [5.74, 6) is -0.907. The van der Waals surface area contributed by atoms with Crippen molar-refractivity contribution in [3.63, 3.8) is 0 Å². The van der Waals surface area contributed by atoms with Gasteiger partial charge in [-0.1, -0.05) is 310 Å². The molecule has 78 heavy (non-hydrogen) atoms. The molecule has 0 rings (SSSR count). The minimum Gasteiger partial charge on any atom is -0.462 e. The van der Waals surface area contributed by atoms with E-state index >= 15 is 0 Å². The SMILES string of the molecule is CC/C=C\C/C=C\C/C=C\C/C=C\C/C=C\C/C=C\C/C=C\C/C=C\C/C=C\CCCCCC(=O)OCC(COC(=O)CCCCCCCCCCCCCCC)OC(=O)CCCCCCCCCCCCCCCCCC. The first-order chi connectivity index (χ1) is 38.5. The van der Waals surface area contributed by atoms with E-state index in [2.05, 4.69) is 130 Å². The normalized spacial score (nSPS) is 12.8. The summed E-state index contributed by atoms with van der Waals surface area (Å²) in [6, 6.07) is 0. The molecular formula is C72H122O6. The average molecular weight is 1080 g/mol. The first kappa shape index (κ1) is 74.1. The average Bonchev–Trinajstić information content (AvgIpc) is 3.44. The van der Waals surface area contributed by atoms with Gasteiger partial charge < -0.3 is 14.2 Å². The quantitative estimate of drug-likeness (QED) is 0.0261. The summed E-state index contributed by atoms with van der Waals surface area (Å²) in [4.78, 5) is 38.3. The van der Waals surface area contributed by atoms with Crippen LogP contribution in [0.25, 0.3) is 0 Å². The maximum atomic E-state index is 12.9. The van der Waals surface area contributed by atoms with E-state index in [0.717, 1.165) is 122 Å². The second-order valence-corrected chi connectivity index (χ2v) is 21.7. The lowest BCUT2D eigenvalue weighted by atomic mass is 10.0. The molecule has 6 heteroatoms. The molecule has 0 N–H and O–H groups in total. The molecule has 0 aromatic rings. The monoisotopic (exact) mass is 1080 g/mol. The summed E-state index contributed by atoms with van der Waals surface area (Å²) < 4.78 is 16.9. The molecule has 0 heterocycles. The Hall–Kier alpha value is -3.93. The third kappa shape index (κ3) is 62.9. The Labute approximate surface area is 482 Å². The standard InChI is InChI=1S/C72H122O6/c1-4-7-10-13-16-19-22-25-27-29-30-31-32-33-34-35-36-37-38-39-40-41-42-43-45-47-50-53-56-59-62-65-71(74)77-68-69(67-76-70(73)64-61-58-55-52-49-46-24-21-18-15-12-9-6-3)78-72(75)66-63-60-57-54-51-48-44-28-26-23-20-17-14-11-8-5-2/h7,10,16,19,25,27,30-31,33-34,36-37,39-40,42-43,47,50,69H,4-6,8-9,11-15,17-18,20-24,26,28-29,32,35,38,41,44-46,48-49,51-68H2,1-3H3/b10-7-,19-16-,27-25-,31-30-,34-33-,37-36-,40-39-,43-42-,50-47-. The van der Waals surface area contributed by atoms with E-state index in [-0.39, 0.29) is 31.1 Å². The van der Waals surface area contributed by atoms with Crippen molar-refractivity contribution in [2.45, 2.75) is 316 Å². The Balaban J connectivity index is 4.35. The molecule has 0 saturated heterocycles. The lowest BCUT2D eigenvalue weighted by Crippen LogP contribution is -2.30. The molecule has 6 nitrogen and oxygen atoms in total. The molecule has 1 atom stereocenters. The van der Waals surface area contributed by atoms with Gasteiger partial charge in [0.1, 0.15) is 13.2 Å². The highest BCUT2D eigenvalue weighted by molar-refractivity contribution is 5.71. The van der Waals surface area contributed by atoms with Gasteiger partial charge in [-0.05, 0) is 89.9 Å². The molecule has 0 aliphatic carbocycles. The maximum absolute atomic E-state index is 12.9. The number of ether oxygens (including phenoxy) is 3. The fraction of sp³-hybridized carbons (Fsp3) is 0.708. The van der Waals surface area contributed by atoms with Crippen LogP contribution in [0.5, 0.6) is 0 Å². The highest BCUT2D eigenvalue weighted by atomic mass is 16.6. The second-order valence-electron chi connectivity index (χ2n) is 21.7. The summed E-state index contributed by atoms with van der Waals surface area (Å²) in [5.41, 5.74) is 0. The van der Waals surface area contributed by atoms with Crippen LogP contribution in [-0.2, 0) is 28.6 Å². The number of unbranched alkanes of at least 4 members (excludes halogenated alkanes) is 30. The summed E-state index contributed by atoms with van der Waals surface area (Å²) >= 11 is 0. The number of hydrogen-bond acceptors (Lipinski definition) is 6. The number of rotatable bonds is 59. The van der Waals surface area contributed by atoms with Crippen LogP contribution in [0, 0.1) is 0 Å². The summed E-state index contributed by atoms with van der Waals surface area (Å²) in [6.07, 6.45) is 89.5. The summed E-state index contributed by atoms with van der Waals surface area (Å²) in [7, 11) is 0. The van der Waals surface area contributed by atoms with Gasteiger partial charge in [0.2, 0.25) is 0 Å². The molecule has 1 unspecified atom stereocenters. The third-order valence-corrected chi connectivity index (χ3v) is 14.0. The van der Waals surface area contributed by atoms with Crippen molar-refractivity contribution < 1.29 is 28.6 Å². The van der Waals surface area contributed by atoms with Crippen molar-refractivity contribution in [3.8, 4) is 0 Å². The van der Waals surface area contributed by atoms with Crippen LogP contribution in [0.3, 0.4) is 0 Å². The number of carbonyl (C=O) groups is 3. The van der Waals surface area contributed by atoms with Gasteiger partial charge in [-0.15, -0.1) is 0 Å². The Morgan fingerprint density at radius 1 is 0.269 bits per heavy atom. The Morgan fingerprint density at radius 3 is 0.782 bits per heavy atom. The van der Waals surface area contributed by atoms with Gasteiger partial charge in [0.15, 0.2) is 6.10 Å². The van der Waals surface area contributed by atoms with Gasteiger partial charge in [-0.3, -0.25) is 14.4 Å². The van der Waals surface area contributed by atoms with Crippen LogP contribution >= 0.6 is 0 Å². The van der Waals surface area contributed by atoms with Crippen LogP contribution in [0.15, 0.2) is 109 Å². The lowest BCUT2D eigenvalue weighted by Gasteiger charge is -2.18. The Kier molecular flexibility index (Phi) is 62.3. The zero-order valence-electron chi connectivity index (χ0n) is 51.2. The highest BCUT2D eigenvalue weighted by Gasteiger charge is 2.19. The van der Waals surface area contributed by atoms with Crippen LogP contribution in [0.4, 0.5) is 0 Å². The molecule has 0 aromatic carbocycles. The molecule has 0 bridgehead atoms. The van der Waals surface area contributed by atoms with Gasteiger partial charge >= 0.3 is 17.9 Å². The van der Waals surface area contributed by atoms with Gasteiger partial charge in [0, 0.05) is 19.3 Å². The van der Waals surface area contributed by atoms with Crippen molar-refractivity contribution in [3.05, 3.63) is 109 Å². The molecule has 0 aliphatic rings. The minimum absolute atomic E-state index is 0.0848. The zero-order valence-corrected chi connectivity index (χ0v) is 51.2. The van der Waals surface area contributed by atoms with Crippen molar-refractivity contribution in [1.82, 2.24) is 0 Å². The first-order valence-corrected chi connectivity index (χ1v) is 32.9. The molecule has 0 aromatic heterocycles. The van der Waals surface area contributed by atoms with Crippen molar-refractivity contribution in [2.24, 2.45) is 0 Å². The van der Waals surface area contributed by atoms with Crippen LogP contribution in [-0.4, -0.2) is 37.2 Å². The maximum Gasteiger partial charge on any atom is 0.306 e. The van der Waals surface area contributed by atoms with Crippen molar-refractivity contribution in [2.75, 3.05) is 13.2 Å². The molecule has 0 saturated carbocycles. The molecule has 0 fully saturated rings. The van der Waals surface area contributed by atoms with Gasteiger partial charge in [0.05, 0.1) is 0 Å². The van der Waals surface area contributed by atoms with Crippen LogP contribution in [0.2, 0.25) is 0 Å². The number of carbonyl (C=O) groups excluding carboxylic acids is 3. The summed E-state index contributed by atoms with van der Waals surface area (Å²) in [5, 5.41) is 0. The largest absolute Gasteiger partial charge is 0.462 e. The Bertz CT molecular complexity index is 1570. The number of hydrogen-bond donors (Lipinski definition) is 0. The topological polar surface area (TPSA) is 78.9 Å². The second kappa shape index (κ2) is 65.6. The Morgan fingerprint density at radius 2 is 0.500 bits per heavy atom. The number of esters is 3. The molecule has 446 valence electrons. The molecular weight excluding hydrogens is 961 g/mol. The molecule has 0 amide bonds. The van der Waals surface area contributed by atoms with Crippen LogP contribution < -0.4 is 0 Å². The van der Waals surface area contributed by atoms with E-state index in [4.69, 9.17) is 14.2 Å². The van der Waals surface area contributed by atoms with E-state index in [9.17, 15) is 14.4 Å². The van der Waals surface area contributed by atoms with E-state index in [0.29, 0.717) is 19.3 Å². The highest BCUT2D eigenvalue weighted by Crippen LogP contribution is 2.17. The van der Waals surface area contributed by atoms with Crippen molar-refractivity contribution >= 4 is 17.9 Å². The smallest absolute Gasteiger partial charge is 0.306 e. The zero-order chi connectivity index (χ0) is 56.4. The minimum atomic E-state index is -0.790. The van der Waals surface area contributed by atoms with Gasteiger partial charge in [-0.2, -0.15) is 0 Å². The van der Waals surface area contributed by atoms with Gasteiger partial charge in [-0.25, -0.2) is 0 Å². The third-order valence-electron chi connectivity index (χ3n) is 14.0. The predicted molar refractivity (Wildman–Crippen MR) is 339 cm³/mol. The van der Waals surface area contributed by atoms with E-state index in [1.807, 2.05) is 0 Å². The number of allylic oxidation sites excluding steroid dienone is 18. The van der Waals surface area contributed by atoms with E-state index in [1.54, 1.807) is 0 Å². The lowest BCUT2D eigenvalue weighted by molar-refractivity contribution is -0.167. The first-order valence-electron chi connectivity index (χ1n) is 32.9. The van der Waals surface area contributed by atoms with E-state index < -0.39 is 6.10 Å². The van der Waals surface area contributed by atoms with Gasteiger partial charge in [0.25, 0.3) is 0 Å². The molecule has 0 aliphatic heterocycles. The van der Waals surface area contributed by atoms with Crippen molar-refractivity contribution in [1.29, 1.82) is 0 Å².